The largest absolute Gasteiger partial charge is 0.383 e. The lowest BCUT2D eigenvalue weighted by Crippen LogP contribution is -2.28. The van der Waals surface area contributed by atoms with Crippen LogP contribution in [0.3, 0.4) is 0 Å². The zero-order valence-corrected chi connectivity index (χ0v) is 11.6. The van der Waals surface area contributed by atoms with Crippen LogP contribution in [0.1, 0.15) is 12.6 Å². The van der Waals surface area contributed by atoms with E-state index in [1.165, 1.54) is 28.6 Å². The molecule has 0 spiro atoms. The summed E-state index contributed by atoms with van der Waals surface area (Å²) in [4.78, 5) is 32.8. The lowest BCUT2D eigenvalue weighted by atomic mass is 10.5. The number of nitrogen functional groups attached to an aromatic ring is 1. The lowest BCUT2D eigenvalue weighted by Gasteiger charge is -2.14. The van der Waals surface area contributed by atoms with Crippen molar-refractivity contribution in [2.45, 2.75) is 18.1 Å². The zero-order chi connectivity index (χ0) is 14.0. The van der Waals surface area contributed by atoms with E-state index in [9.17, 15) is 9.36 Å². The highest BCUT2D eigenvalue weighted by Crippen LogP contribution is 2.40. The van der Waals surface area contributed by atoms with Crippen molar-refractivity contribution in [3.63, 3.8) is 0 Å². The highest BCUT2D eigenvalue weighted by molar-refractivity contribution is 8.00. The Hall–Kier alpha value is -0.860. The Labute approximate surface area is 113 Å². The SMILES string of the molecule is Nc1ccn([C@@H]2CS[C@H](CCP(=O)(O)O)O2)c(=O)n1. The van der Waals surface area contributed by atoms with Crippen molar-refractivity contribution >= 4 is 25.2 Å². The maximum atomic E-state index is 11.6. The van der Waals surface area contributed by atoms with Crippen LogP contribution in [0, 0.1) is 0 Å². The number of hydrogen-bond donors (Lipinski definition) is 3. The van der Waals surface area contributed by atoms with Gasteiger partial charge in [-0.25, -0.2) is 4.79 Å². The number of hydrogen-bond acceptors (Lipinski definition) is 6. The van der Waals surface area contributed by atoms with Crippen molar-refractivity contribution in [2.75, 3.05) is 17.6 Å². The average Bonchev–Trinajstić information content (AvgIpc) is 2.74. The van der Waals surface area contributed by atoms with Gasteiger partial charge in [0, 0.05) is 11.9 Å². The maximum Gasteiger partial charge on any atom is 0.351 e. The van der Waals surface area contributed by atoms with E-state index in [-0.39, 0.29) is 23.8 Å². The van der Waals surface area contributed by atoms with Crippen LogP contribution < -0.4 is 11.4 Å². The van der Waals surface area contributed by atoms with Gasteiger partial charge in [-0.3, -0.25) is 9.13 Å². The van der Waals surface area contributed by atoms with Gasteiger partial charge >= 0.3 is 13.3 Å². The summed E-state index contributed by atoms with van der Waals surface area (Å²) in [6, 6.07) is 1.50. The molecular formula is C9H14N3O5PS. The Bertz CT molecular complexity index is 559. The van der Waals surface area contributed by atoms with Crippen molar-refractivity contribution in [1.29, 1.82) is 0 Å². The monoisotopic (exact) mass is 307 g/mol. The summed E-state index contributed by atoms with van der Waals surface area (Å²) in [6.45, 7) is 0. The molecule has 0 aliphatic carbocycles. The molecule has 0 bridgehead atoms. The average molecular weight is 307 g/mol. The van der Waals surface area contributed by atoms with Crippen LogP contribution in [0.5, 0.6) is 0 Å². The molecule has 1 aromatic rings. The first kappa shape index (κ1) is 14.5. The summed E-state index contributed by atoms with van der Waals surface area (Å²) in [5.74, 6) is 0.669. The fourth-order valence-electron chi connectivity index (χ4n) is 1.66. The minimum atomic E-state index is -4.02. The summed E-state index contributed by atoms with van der Waals surface area (Å²) in [7, 11) is -4.02. The topological polar surface area (TPSA) is 128 Å². The van der Waals surface area contributed by atoms with Gasteiger partial charge in [-0.05, 0) is 12.5 Å². The molecule has 0 saturated carbocycles. The molecule has 8 nitrogen and oxygen atoms in total. The van der Waals surface area contributed by atoms with Gasteiger partial charge in [0.05, 0.1) is 6.16 Å². The van der Waals surface area contributed by atoms with E-state index in [2.05, 4.69) is 4.98 Å². The Kier molecular flexibility index (Phi) is 4.32. The van der Waals surface area contributed by atoms with Gasteiger partial charge in [0.1, 0.15) is 17.5 Å². The standard InChI is InChI=1S/C9H14N3O5PS/c10-6-1-3-12(9(13)11-6)7-5-19-8(17-7)2-4-18(14,15)16/h1,3,7-8H,2,4-5H2,(H2,10,11,13)(H2,14,15,16)/t7-,8+/m0/s1. The number of aromatic nitrogens is 2. The molecule has 2 atom stereocenters. The number of rotatable bonds is 4. The van der Waals surface area contributed by atoms with Gasteiger partial charge in [0.2, 0.25) is 0 Å². The predicted octanol–water partition coefficient (Wildman–Crippen LogP) is -0.0186. The van der Waals surface area contributed by atoms with Crippen LogP contribution >= 0.6 is 19.4 Å². The van der Waals surface area contributed by atoms with E-state index < -0.39 is 19.5 Å². The van der Waals surface area contributed by atoms with Crippen LogP contribution in [0.25, 0.3) is 0 Å². The van der Waals surface area contributed by atoms with Crippen molar-refractivity contribution in [2.24, 2.45) is 0 Å². The molecule has 10 heteroatoms. The Morgan fingerprint density at radius 3 is 3.00 bits per heavy atom. The third-order valence-electron chi connectivity index (χ3n) is 2.55. The minimum Gasteiger partial charge on any atom is -0.383 e. The molecule has 1 aromatic heterocycles. The Morgan fingerprint density at radius 1 is 1.63 bits per heavy atom. The lowest BCUT2D eigenvalue weighted by molar-refractivity contribution is 0.0147. The normalized spacial score (nSPS) is 23.7. The minimum absolute atomic E-state index is 0.143. The summed E-state index contributed by atoms with van der Waals surface area (Å²) < 4.78 is 17.7. The third kappa shape index (κ3) is 4.05. The number of nitrogens with zero attached hydrogens (tertiary/aromatic N) is 2. The van der Waals surface area contributed by atoms with Crippen molar-refractivity contribution in [3.05, 3.63) is 22.7 Å². The fourth-order valence-corrected chi connectivity index (χ4v) is 3.51. The van der Waals surface area contributed by atoms with E-state index >= 15 is 0 Å². The van der Waals surface area contributed by atoms with Crippen molar-refractivity contribution < 1.29 is 19.1 Å². The molecule has 4 N–H and O–H groups in total. The van der Waals surface area contributed by atoms with Crippen LogP contribution in [-0.4, -0.2) is 36.7 Å². The van der Waals surface area contributed by atoms with E-state index in [1.807, 2.05) is 0 Å². The summed E-state index contributed by atoms with van der Waals surface area (Å²) in [5, 5.41) is 0. The van der Waals surface area contributed by atoms with E-state index in [0.717, 1.165) is 0 Å². The smallest absolute Gasteiger partial charge is 0.351 e. The van der Waals surface area contributed by atoms with Gasteiger partial charge < -0.3 is 20.3 Å². The molecule has 1 saturated heterocycles. The van der Waals surface area contributed by atoms with Crippen LogP contribution in [0.4, 0.5) is 5.82 Å². The quantitative estimate of drug-likeness (QED) is 0.662. The molecule has 0 amide bonds. The molecule has 2 heterocycles. The van der Waals surface area contributed by atoms with Crippen LogP contribution in [0.2, 0.25) is 0 Å². The Morgan fingerprint density at radius 2 is 2.37 bits per heavy atom. The van der Waals surface area contributed by atoms with Gasteiger partial charge in [-0.15, -0.1) is 11.8 Å². The second-order valence-electron chi connectivity index (χ2n) is 4.07. The fraction of sp³-hybridized carbons (Fsp3) is 0.556. The first-order chi connectivity index (χ1) is 8.85. The molecular weight excluding hydrogens is 293 g/mol. The van der Waals surface area contributed by atoms with Crippen LogP contribution in [-0.2, 0) is 9.30 Å². The molecule has 1 aliphatic heterocycles. The molecule has 106 valence electrons. The maximum absolute atomic E-state index is 11.6. The first-order valence-electron chi connectivity index (χ1n) is 5.51. The molecule has 2 rings (SSSR count). The zero-order valence-electron chi connectivity index (χ0n) is 9.88. The van der Waals surface area contributed by atoms with E-state index in [4.69, 9.17) is 20.3 Å². The third-order valence-corrected chi connectivity index (χ3v) is 4.59. The number of ether oxygens (including phenoxy) is 1. The van der Waals surface area contributed by atoms with Crippen molar-refractivity contribution in [1.82, 2.24) is 9.55 Å². The summed E-state index contributed by atoms with van der Waals surface area (Å²) >= 11 is 1.41. The molecule has 1 aliphatic rings. The highest BCUT2D eigenvalue weighted by atomic mass is 32.2. The number of thioether (sulfide) groups is 1. The van der Waals surface area contributed by atoms with Crippen LogP contribution in [0.15, 0.2) is 17.1 Å². The summed E-state index contributed by atoms with van der Waals surface area (Å²) in [5.41, 5.74) is 4.56. The molecule has 1 fully saturated rings. The number of anilines is 1. The van der Waals surface area contributed by atoms with Gasteiger partial charge in [0.15, 0.2) is 0 Å². The second-order valence-corrected chi connectivity index (χ2v) is 7.04. The highest BCUT2D eigenvalue weighted by Gasteiger charge is 2.29. The van der Waals surface area contributed by atoms with Gasteiger partial charge in [-0.1, -0.05) is 0 Å². The summed E-state index contributed by atoms with van der Waals surface area (Å²) in [6.07, 6.45) is 1.03. The van der Waals surface area contributed by atoms with E-state index in [0.29, 0.717) is 5.75 Å². The second kappa shape index (κ2) is 5.64. The molecule has 0 aromatic carbocycles. The molecule has 0 unspecified atom stereocenters. The Balaban J connectivity index is 1.98. The first-order valence-corrected chi connectivity index (χ1v) is 8.36. The predicted molar refractivity (Wildman–Crippen MR) is 70.8 cm³/mol. The van der Waals surface area contributed by atoms with Gasteiger partial charge in [-0.2, -0.15) is 4.98 Å². The molecule has 19 heavy (non-hydrogen) atoms. The van der Waals surface area contributed by atoms with Gasteiger partial charge in [0.25, 0.3) is 0 Å². The van der Waals surface area contributed by atoms with Crippen molar-refractivity contribution in [3.8, 4) is 0 Å². The van der Waals surface area contributed by atoms with E-state index in [1.54, 1.807) is 0 Å². The molecule has 0 radical (unpaired) electrons. The number of nitrogens with two attached hydrogens (primary N) is 1.